The summed E-state index contributed by atoms with van der Waals surface area (Å²) < 4.78 is 13.9. The van der Waals surface area contributed by atoms with Gasteiger partial charge in [-0.2, -0.15) is 0 Å². The summed E-state index contributed by atoms with van der Waals surface area (Å²) in [7, 11) is 0. The Labute approximate surface area is 102 Å². The summed E-state index contributed by atoms with van der Waals surface area (Å²) in [5, 5.41) is 3.36. The highest BCUT2D eigenvalue weighted by molar-refractivity contribution is 5.23. The molecule has 92 valence electrons. The molecule has 1 saturated carbocycles. The zero-order valence-corrected chi connectivity index (χ0v) is 10.0. The third-order valence-corrected chi connectivity index (χ3v) is 3.84. The van der Waals surface area contributed by atoms with Crippen LogP contribution in [0.2, 0.25) is 0 Å². The molecule has 0 amide bonds. The molecule has 2 fully saturated rings. The van der Waals surface area contributed by atoms with Gasteiger partial charge in [-0.05, 0) is 24.8 Å². The molecule has 1 heterocycles. The Bertz CT molecular complexity index is 384. The van der Waals surface area contributed by atoms with Crippen molar-refractivity contribution in [1.82, 2.24) is 10.2 Å². The first-order valence-electron chi connectivity index (χ1n) is 6.55. The second-order valence-corrected chi connectivity index (χ2v) is 5.09. The Balaban J connectivity index is 1.86. The molecule has 2 aliphatic rings. The molecule has 0 bridgehead atoms. The number of nitrogens with one attached hydrogen (secondary N) is 1. The van der Waals surface area contributed by atoms with Crippen molar-refractivity contribution < 1.29 is 4.39 Å². The van der Waals surface area contributed by atoms with Crippen LogP contribution in [0.5, 0.6) is 0 Å². The maximum absolute atomic E-state index is 13.9. The van der Waals surface area contributed by atoms with E-state index in [-0.39, 0.29) is 5.82 Å². The SMILES string of the molecule is Fc1ccccc1[C@H](C1CC1)N1CCNCC1. The van der Waals surface area contributed by atoms with E-state index >= 15 is 0 Å². The van der Waals surface area contributed by atoms with Crippen molar-refractivity contribution in [3.63, 3.8) is 0 Å². The predicted octanol–water partition coefficient (Wildman–Crippen LogP) is 2.18. The average molecular weight is 234 g/mol. The van der Waals surface area contributed by atoms with Gasteiger partial charge in [-0.25, -0.2) is 4.39 Å². The summed E-state index contributed by atoms with van der Waals surface area (Å²) in [4.78, 5) is 2.45. The quantitative estimate of drug-likeness (QED) is 0.862. The van der Waals surface area contributed by atoms with Crippen molar-refractivity contribution in [3.8, 4) is 0 Å². The van der Waals surface area contributed by atoms with E-state index in [0.717, 1.165) is 31.7 Å². The zero-order chi connectivity index (χ0) is 11.7. The second kappa shape index (κ2) is 4.75. The fraction of sp³-hybridized carbons (Fsp3) is 0.571. The topological polar surface area (TPSA) is 15.3 Å². The van der Waals surface area contributed by atoms with Crippen molar-refractivity contribution in [3.05, 3.63) is 35.6 Å². The number of rotatable bonds is 3. The molecule has 3 heteroatoms. The van der Waals surface area contributed by atoms with Gasteiger partial charge < -0.3 is 5.32 Å². The van der Waals surface area contributed by atoms with Crippen LogP contribution in [0.1, 0.15) is 24.4 Å². The minimum Gasteiger partial charge on any atom is -0.314 e. The van der Waals surface area contributed by atoms with Gasteiger partial charge in [0.2, 0.25) is 0 Å². The standard InChI is InChI=1S/C14H19FN2/c15-13-4-2-1-3-12(13)14(11-5-6-11)17-9-7-16-8-10-17/h1-4,11,14,16H,5-10H2/t14-/m0/s1. The van der Waals surface area contributed by atoms with Crippen LogP contribution in [0.15, 0.2) is 24.3 Å². The molecule has 1 N–H and O–H groups in total. The van der Waals surface area contributed by atoms with Crippen LogP contribution in [0.25, 0.3) is 0 Å². The lowest BCUT2D eigenvalue weighted by molar-refractivity contribution is 0.153. The van der Waals surface area contributed by atoms with Gasteiger partial charge in [0.1, 0.15) is 5.82 Å². The van der Waals surface area contributed by atoms with Crippen LogP contribution in [0, 0.1) is 11.7 Å². The Morgan fingerprint density at radius 1 is 1.18 bits per heavy atom. The van der Waals surface area contributed by atoms with Gasteiger partial charge in [-0.15, -0.1) is 0 Å². The molecule has 0 unspecified atom stereocenters. The Morgan fingerprint density at radius 3 is 2.53 bits per heavy atom. The van der Waals surface area contributed by atoms with E-state index in [1.54, 1.807) is 12.1 Å². The Kier molecular flexibility index (Phi) is 3.12. The van der Waals surface area contributed by atoms with Crippen molar-refractivity contribution in [2.45, 2.75) is 18.9 Å². The highest BCUT2D eigenvalue weighted by Crippen LogP contribution is 2.45. The second-order valence-electron chi connectivity index (χ2n) is 5.09. The summed E-state index contributed by atoms with van der Waals surface area (Å²) in [6.07, 6.45) is 2.51. The maximum atomic E-state index is 13.9. The molecule has 1 saturated heterocycles. The van der Waals surface area contributed by atoms with Crippen LogP contribution in [0.4, 0.5) is 4.39 Å². The summed E-state index contributed by atoms with van der Waals surface area (Å²) in [5.41, 5.74) is 0.900. The summed E-state index contributed by atoms with van der Waals surface area (Å²) in [5.74, 6) is 0.632. The molecule has 0 aromatic heterocycles. The van der Waals surface area contributed by atoms with E-state index < -0.39 is 0 Å². The predicted molar refractivity (Wildman–Crippen MR) is 66.3 cm³/mol. The van der Waals surface area contributed by atoms with Crippen LogP contribution in [-0.4, -0.2) is 31.1 Å². The van der Waals surface area contributed by atoms with Gasteiger partial charge in [0.05, 0.1) is 0 Å². The molecular formula is C14H19FN2. The van der Waals surface area contributed by atoms with Gasteiger partial charge >= 0.3 is 0 Å². The molecule has 1 aliphatic heterocycles. The Hall–Kier alpha value is -0.930. The lowest BCUT2D eigenvalue weighted by atomic mass is 9.99. The molecule has 1 aromatic rings. The first kappa shape index (κ1) is 11.2. The summed E-state index contributed by atoms with van der Waals surface area (Å²) in [6, 6.07) is 7.59. The van der Waals surface area contributed by atoms with Crippen molar-refractivity contribution in [2.24, 2.45) is 5.92 Å². The van der Waals surface area contributed by atoms with Gasteiger partial charge in [0.25, 0.3) is 0 Å². The number of hydrogen-bond donors (Lipinski definition) is 1. The molecule has 2 nitrogen and oxygen atoms in total. The molecule has 1 aromatic carbocycles. The van der Waals surface area contributed by atoms with Gasteiger partial charge in [-0.3, -0.25) is 4.90 Å². The van der Waals surface area contributed by atoms with E-state index in [9.17, 15) is 4.39 Å². The van der Waals surface area contributed by atoms with Crippen molar-refractivity contribution in [2.75, 3.05) is 26.2 Å². The van der Waals surface area contributed by atoms with Crippen molar-refractivity contribution >= 4 is 0 Å². The lowest BCUT2D eigenvalue weighted by Gasteiger charge is -2.35. The molecule has 3 rings (SSSR count). The smallest absolute Gasteiger partial charge is 0.127 e. The molecule has 1 atom stereocenters. The molecular weight excluding hydrogens is 215 g/mol. The van der Waals surface area contributed by atoms with Crippen LogP contribution >= 0.6 is 0 Å². The monoisotopic (exact) mass is 234 g/mol. The molecule has 0 radical (unpaired) electrons. The average Bonchev–Trinajstić information content (AvgIpc) is 3.18. The third-order valence-electron chi connectivity index (χ3n) is 3.84. The number of piperazine rings is 1. The lowest BCUT2D eigenvalue weighted by Crippen LogP contribution is -2.45. The van der Waals surface area contributed by atoms with Gasteiger partial charge in [0.15, 0.2) is 0 Å². The first-order chi connectivity index (χ1) is 8.36. The van der Waals surface area contributed by atoms with E-state index in [4.69, 9.17) is 0 Å². The third kappa shape index (κ3) is 2.35. The van der Waals surface area contributed by atoms with Crippen LogP contribution in [0.3, 0.4) is 0 Å². The van der Waals surface area contributed by atoms with E-state index in [1.807, 2.05) is 12.1 Å². The largest absolute Gasteiger partial charge is 0.314 e. The normalized spacial score (nSPS) is 23.6. The van der Waals surface area contributed by atoms with Crippen molar-refractivity contribution in [1.29, 1.82) is 0 Å². The van der Waals surface area contributed by atoms with E-state index in [0.29, 0.717) is 12.0 Å². The highest BCUT2D eigenvalue weighted by atomic mass is 19.1. The zero-order valence-electron chi connectivity index (χ0n) is 10.0. The van der Waals surface area contributed by atoms with Gasteiger partial charge in [-0.1, -0.05) is 18.2 Å². The minimum atomic E-state index is -0.0390. The van der Waals surface area contributed by atoms with E-state index in [1.165, 1.54) is 12.8 Å². The van der Waals surface area contributed by atoms with Gasteiger partial charge in [0, 0.05) is 37.8 Å². The number of nitrogens with zero attached hydrogens (tertiary/aromatic N) is 1. The fourth-order valence-electron chi connectivity index (χ4n) is 2.84. The summed E-state index contributed by atoms with van der Waals surface area (Å²) in [6.45, 7) is 4.13. The summed E-state index contributed by atoms with van der Waals surface area (Å²) >= 11 is 0. The minimum absolute atomic E-state index is 0.0390. The molecule has 17 heavy (non-hydrogen) atoms. The Morgan fingerprint density at radius 2 is 1.88 bits per heavy atom. The first-order valence-corrected chi connectivity index (χ1v) is 6.55. The fourth-order valence-corrected chi connectivity index (χ4v) is 2.84. The molecule has 0 spiro atoms. The van der Waals surface area contributed by atoms with E-state index in [2.05, 4.69) is 10.2 Å². The van der Waals surface area contributed by atoms with Crippen LogP contribution in [-0.2, 0) is 0 Å². The number of benzene rings is 1. The maximum Gasteiger partial charge on any atom is 0.127 e. The number of halogens is 1. The highest BCUT2D eigenvalue weighted by Gasteiger charge is 2.37. The number of hydrogen-bond acceptors (Lipinski definition) is 2. The van der Waals surface area contributed by atoms with Crippen LogP contribution < -0.4 is 5.32 Å². The molecule has 1 aliphatic carbocycles.